The fraction of sp³-hybridized carbons (Fsp3) is 0.297. The van der Waals surface area contributed by atoms with E-state index >= 15 is 0 Å². The van der Waals surface area contributed by atoms with Gasteiger partial charge in [0.25, 0.3) is 5.91 Å². The molecule has 6 heteroatoms. The Hall–Kier alpha value is -4.26. The van der Waals surface area contributed by atoms with Gasteiger partial charge in [0.2, 0.25) is 5.91 Å². The summed E-state index contributed by atoms with van der Waals surface area (Å²) in [4.78, 5) is 28.5. The van der Waals surface area contributed by atoms with Gasteiger partial charge in [-0.1, -0.05) is 98.8 Å². The van der Waals surface area contributed by atoms with Gasteiger partial charge in [-0.05, 0) is 65.3 Å². The molecule has 0 radical (unpaired) electrons. The summed E-state index contributed by atoms with van der Waals surface area (Å²) in [5, 5.41) is 15.2. The van der Waals surface area contributed by atoms with Gasteiger partial charge >= 0.3 is 0 Å². The summed E-state index contributed by atoms with van der Waals surface area (Å²) in [6.45, 7) is 6.13. The van der Waals surface area contributed by atoms with Crippen LogP contribution < -0.4 is 11.1 Å². The minimum absolute atomic E-state index is 0.141. The van der Waals surface area contributed by atoms with E-state index in [1.54, 1.807) is 18.2 Å². The highest BCUT2D eigenvalue weighted by Gasteiger charge is 2.31. The molecule has 0 saturated carbocycles. The first-order valence-corrected chi connectivity index (χ1v) is 15.2. The van der Waals surface area contributed by atoms with E-state index < -0.39 is 17.9 Å². The predicted molar refractivity (Wildman–Crippen MR) is 174 cm³/mol. The van der Waals surface area contributed by atoms with Gasteiger partial charge < -0.3 is 21.1 Å². The van der Waals surface area contributed by atoms with Crippen molar-refractivity contribution in [2.45, 2.75) is 51.7 Å². The van der Waals surface area contributed by atoms with E-state index in [0.29, 0.717) is 37.2 Å². The number of aliphatic hydroxyl groups excluding tert-OH is 1. The molecule has 0 unspecified atom stereocenters. The number of nitrogens with zero attached hydrogens (tertiary/aromatic N) is 1. The van der Waals surface area contributed by atoms with Crippen LogP contribution in [-0.2, 0) is 13.0 Å². The number of nitrogens with one attached hydrogen (secondary N) is 1. The maximum Gasteiger partial charge on any atom is 0.254 e. The van der Waals surface area contributed by atoms with Gasteiger partial charge in [-0.15, -0.1) is 0 Å². The number of nitrogens with two attached hydrogens (primary N) is 1. The molecule has 4 N–H and O–H groups in total. The van der Waals surface area contributed by atoms with Gasteiger partial charge in [0.1, 0.15) is 0 Å². The average Bonchev–Trinajstić information content (AvgIpc) is 3.04. The minimum atomic E-state index is -0.893. The number of aliphatic hydroxyl groups is 1. The van der Waals surface area contributed by atoms with Crippen molar-refractivity contribution >= 4 is 11.8 Å². The lowest BCUT2D eigenvalue weighted by atomic mass is 9.81. The Morgan fingerprint density at radius 1 is 0.767 bits per heavy atom. The summed E-state index contributed by atoms with van der Waals surface area (Å²) >= 11 is 0. The van der Waals surface area contributed by atoms with E-state index in [0.717, 1.165) is 35.1 Å². The van der Waals surface area contributed by atoms with E-state index in [1.165, 1.54) is 0 Å². The second-order valence-corrected chi connectivity index (χ2v) is 11.0. The Kier molecular flexibility index (Phi) is 11.7. The van der Waals surface area contributed by atoms with Crippen molar-refractivity contribution in [1.29, 1.82) is 0 Å². The van der Waals surface area contributed by atoms with Crippen LogP contribution in [0.5, 0.6) is 0 Å². The van der Waals surface area contributed by atoms with Gasteiger partial charge in [0.05, 0.1) is 6.10 Å². The highest BCUT2D eigenvalue weighted by molar-refractivity contribution is 6.02. The topological polar surface area (TPSA) is 95.7 Å². The molecule has 4 aromatic carbocycles. The van der Waals surface area contributed by atoms with Gasteiger partial charge in [0.15, 0.2) is 0 Å². The lowest BCUT2D eigenvalue weighted by molar-refractivity contribution is 0.0751. The van der Waals surface area contributed by atoms with Crippen molar-refractivity contribution in [3.63, 3.8) is 0 Å². The number of hydrogen-bond acceptors (Lipinski definition) is 4. The van der Waals surface area contributed by atoms with Crippen molar-refractivity contribution < 1.29 is 14.7 Å². The van der Waals surface area contributed by atoms with E-state index in [-0.39, 0.29) is 18.0 Å². The lowest BCUT2D eigenvalue weighted by Crippen LogP contribution is -2.37. The van der Waals surface area contributed by atoms with E-state index in [1.807, 2.05) is 73.3 Å². The van der Waals surface area contributed by atoms with Gasteiger partial charge in [0, 0.05) is 43.2 Å². The molecule has 0 bridgehead atoms. The van der Waals surface area contributed by atoms with Gasteiger partial charge in [-0.2, -0.15) is 0 Å². The van der Waals surface area contributed by atoms with Crippen LogP contribution in [0.25, 0.3) is 11.1 Å². The predicted octanol–water partition coefficient (Wildman–Crippen LogP) is 6.19. The normalized spacial score (nSPS) is 12.4. The number of hydrogen-bond donors (Lipinski definition) is 3. The molecule has 0 aliphatic rings. The van der Waals surface area contributed by atoms with E-state index in [4.69, 9.17) is 5.73 Å². The maximum atomic E-state index is 13.9. The molecule has 0 saturated heterocycles. The highest BCUT2D eigenvalue weighted by Crippen LogP contribution is 2.32. The third-order valence-corrected chi connectivity index (χ3v) is 7.73. The number of rotatable bonds is 15. The van der Waals surface area contributed by atoms with Crippen molar-refractivity contribution in [2.75, 3.05) is 19.6 Å². The van der Waals surface area contributed by atoms with Gasteiger partial charge in [-0.25, -0.2) is 0 Å². The number of carbonyl (C=O) groups is 2. The van der Waals surface area contributed by atoms with Gasteiger partial charge in [-0.3, -0.25) is 9.59 Å². The summed E-state index contributed by atoms with van der Waals surface area (Å²) in [5.74, 6) is -1.30. The second-order valence-electron chi connectivity index (χ2n) is 11.0. The van der Waals surface area contributed by atoms with Crippen LogP contribution in [-0.4, -0.2) is 47.6 Å². The molecule has 0 spiro atoms. The summed E-state index contributed by atoms with van der Waals surface area (Å²) in [6.07, 6.45) is 1.19. The van der Waals surface area contributed by atoms with Crippen molar-refractivity contribution in [3.8, 4) is 11.1 Å². The van der Waals surface area contributed by atoms with Crippen molar-refractivity contribution in [1.82, 2.24) is 10.2 Å². The smallest absolute Gasteiger partial charge is 0.254 e. The largest absolute Gasteiger partial charge is 0.391 e. The SMILES string of the molecule is CCCN(CCC)C(=O)c1cccc(C(N)=O)c1[C@H](Cc1ccccc1)[C@@H](O)CNCc1cccc(-c2ccccc2)c1. The number of primary amides is 1. The third kappa shape index (κ3) is 8.40. The molecule has 0 aromatic heterocycles. The highest BCUT2D eigenvalue weighted by atomic mass is 16.3. The van der Waals surface area contributed by atoms with Crippen LogP contribution >= 0.6 is 0 Å². The van der Waals surface area contributed by atoms with Crippen LogP contribution in [0.15, 0.2) is 103 Å². The van der Waals surface area contributed by atoms with Crippen LogP contribution in [0.2, 0.25) is 0 Å². The molecule has 4 aromatic rings. The molecule has 0 heterocycles. The quantitative estimate of drug-likeness (QED) is 0.157. The van der Waals surface area contributed by atoms with Crippen LogP contribution in [0, 0.1) is 0 Å². The molecule has 0 aliphatic heterocycles. The summed E-state index contributed by atoms with van der Waals surface area (Å²) in [7, 11) is 0. The lowest BCUT2D eigenvalue weighted by Gasteiger charge is -2.30. The van der Waals surface area contributed by atoms with Crippen molar-refractivity contribution in [3.05, 3.63) is 131 Å². The zero-order valence-corrected chi connectivity index (χ0v) is 25.2. The average molecular weight is 578 g/mol. The number of carbonyl (C=O) groups excluding carboxylic acids is 2. The molecular weight excluding hydrogens is 534 g/mol. The summed E-state index contributed by atoms with van der Waals surface area (Å²) in [5.41, 5.74) is 11.5. The fourth-order valence-corrected chi connectivity index (χ4v) is 5.69. The molecule has 2 amide bonds. The van der Waals surface area contributed by atoms with Crippen molar-refractivity contribution in [2.24, 2.45) is 5.73 Å². The molecule has 4 rings (SSSR count). The second kappa shape index (κ2) is 15.8. The zero-order valence-electron chi connectivity index (χ0n) is 25.2. The molecule has 0 aliphatic carbocycles. The Morgan fingerprint density at radius 3 is 2.00 bits per heavy atom. The van der Waals surface area contributed by atoms with E-state index in [2.05, 4.69) is 35.6 Å². The van der Waals surface area contributed by atoms with Crippen LogP contribution in [0.1, 0.15) is 70.0 Å². The zero-order chi connectivity index (χ0) is 30.6. The Bertz CT molecular complexity index is 1470. The standard InChI is InChI=1S/C37H43N3O3/c1-3-21-40(22-4-2)37(43)32-20-12-19-31(36(38)42)35(32)33(24-27-13-7-5-8-14-27)34(41)26-39-25-28-15-11-18-30(23-28)29-16-9-6-10-17-29/h5-20,23,33-34,39,41H,3-4,21-22,24-26H2,1-2H3,(H2,38,42)/t33-,34+/m1/s1. The molecule has 43 heavy (non-hydrogen) atoms. The first-order chi connectivity index (χ1) is 20.9. The molecule has 6 nitrogen and oxygen atoms in total. The Morgan fingerprint density at radius 2 is 1.35 bits per heavy atom. The third-order valence-electron chi connectivity index (χ3n) is 7.73. The van der Waals surface area contributed by atoms with Crippen LogP contribution in [0.3, 0.4) is 0 Å². The first-order valence-electron chi connectivity index (χ1n) is 15.2. The van der Waals surface area contributed by atoms with Crippen LogP contribution in [0.4, 0.5) is 0 Å². The number of benzene rings is 4. The Balaban J connectivity index is 1.64. The summed E-state index contributed by atoms with van der Waals surface area (Å²) in [6, 6.07) is 33.5. The summed E-state index contributed by atoms with van der Waals surface area (Å²) < 4.78 is 0. The molecular formula is C37H43N3O3. The first kappa shape index (κ1) is 31.7. The maximum absolute atomic E-state index is 13.9. The monoisotopic (exact) mass is 577 g/mol. The minimum Gasteiger partial charge on any atom is -0.391 e. The molecule has 0 fully saturated rings. The molecule has 2 atom stereocenters. The Labute approximate surface area is 255 Å². The number of amides is 2. The van der Waals surface area contributed by atoms with E-state index in [9.17, 15) is 14.7 Å². The molecule has 224 valence electrons. The fourth-order valence-electron chi connectivity index (χ4n) is 5.69.